The minimum Gasteiger partial charge on any atom is -0.481 e. The lowest BCUT2D eigenvalue weighted by Crippen LogP contribution is -2.46. The summed E-state index contributed by atoms with van der Waals surface area (Å²) in [5.74, 6) is -0.830. The quantitative estimate of drug-likeness (QED) is 0.674. The van der Waals surface area contributed by atoms with Crippen LogP contribution in [-0.4, -0.2) is 48.7 Å². The van der Waals surface area contributed by atoms with Gasteiger partial charge in [0.25, 0.3) is 0 Å². The van der Waals surface area contributed by atoms with Gasteiger partial charge in [0.15, 0.2) is 0 Å². The Hall–Kier alpha value is -0.610. The normalized spacial score (nSPS) is 20.6. The summed E-state index contributed by atoms with van der Waals surface area (Å²) in [6, 6.07) is 0. The second kappa shape index (κ2) is 5.98. The van der Waals surface area contributed by atoms with Crippen molar-refractivity contribution in [1.82, 2.24) is 10.2 Å². The summed E-state index contributed by atoms with van der Waals surface area (Å²) in [5.41, 5.74) is 0. The molecular formula is C10H20N2O2. The van der Waals surface area contributed by atoms with Gasteiger partial charge >= 0.3 is 5.97 Å². The molecule has 1 saturated heterocycles. The van der Waals surface area contributed by atoms with Crippen LogP contribution in [0.4, 0.5) is 0 Å². The average Bonchev–Trinajstić information content (AvgIpc) is 2.18. The average molecular weight is 200 g/mol. The van der Waals surface area contributed by atoms with E-state index in [2.05, 4.69) is 10.2 Å². The lowest BCUT2D eigenvalue weighted by Gasteiger charge is -2.29. The Morgan fingerprint density at radius 3 is 2.64 bits per heavy atom. The van der Waals surface area contributed by atoms with Crippen LogP contribution in [0.25, 0.3) is 0 Å². The molecule has 4 nitrogen and oxygen atoms in total. The van der Waals surface area contributed by atoms with Crippen LogP contribution in [0.5, 0.6) is 0 Å². The minimum atomic E-state index is -0.648. The molecule has 1 aliphatic heterocycles. The molecule has 0 spiro atoms. The predicted octanol–water partition coefficient (Wildman–Crippen LogP) is 0.393. The lowest BCUT2D eigenvalue weighted by atomic mass is 10.0. The monoisotopic (exact) mass is 200 g/mol. The van der Waals surface area contributed by atoms with Crippen molar-refractivity contribution in [1.29, 1.82) is 0 Å². The van der Waals surface area contributed by atoms with Crippen molar-refractivity contribution in [2.45, 2.75) is 19.8 Å². The number of piperazine rings is 1. The van der Waals surface area contributed by atoms with E-state index in [-0.39, 0.29) is 5.92 Å². The Balaban J connectivity index is 2.33. The van der Waals surface area contributed by atoms with Gasteiger partial charge in [-0.25, -0.2) is 0 Å². The predicted molar refractivity (Wildman–Crippen MR) is 55.3 cm³/mol. The molecule has 0 aromatic carbocycles. The molecule has 0 aliphatic carbocycles. The Morgan fingerprint density at radius 2 is 2.14 bits per heavy atom. The van der Waals surface area contributed by atoms with Crippen molar-refractivity contribution in [3.8, 4) is 0 Å². The zero-order valence-electron chi connectivity index (χ0n) is 8.83. The standard InChI is InChI=1S/C10H20N2O2/c1-2-3-9(10(13)14)8-12-6-4-11-5-7-12/h9,11H,2-8H2,1H3,(H,13,14). The molecule has 1 unspecified atom stereocenters. The highest BCUT2D eigenvalue weighted by Gasteiger charge is 2.20. The Kier molecular flexibility index (Phi) is 4.90. The molecule has 0 saturated carbocycles. The largest absolute Gasteiger partial charge is 0.481 e. The Labute approximate surface area is 85.3 Å². The summed E-state index contributed by atoms with van der Waals surface area (Å²) in [6.45, 7) is 6.68. The fraction of sp³-hybridized carbons (Fsp3) is 0.900. The van der Waals surface area contributed by atoms with Crippen molar-refractivity contribution in [3.63, 3.8) is 0 Å². The van der Waals surface area contributed by atoms with Crippen molar-refractivity contribution in [2.75, 3.05) is 32.7 Å². The van der Waals surface area contributed by atoms with Crippen molar-refractivity contribution < 1.29 is 9.90 Å². The van der Waals surface area contributed by atoms with E-state index < -0.39 is 5.97 Å². The zero-order chi connectivity index (χ0) is 10.4. The first kappa shape index (κ1) is 11.5. The van der Waals surface area contributed by atoms with Crippen LogP contribution in [0.2, 0.25) is 0 Å². The van der Waals surface area contributed by atoms with Crippen LogP contribution in [0, 0.1) is 5.92 Å². The van der Waals surface area contributed by atoms with Gasteiger partial charge in [0.1, 0.15) is 0 Å². The van der Waals surface area contributed by atoms with Gasteiger partial charge in [-0.2, -0.15) is 0 Å². The maximum absolute atomic E-state index is 10.9. The molecule has 4 heteroatoms. The molecule has 0 bridgehead atoms. The van der Waals surface area contributed by atoms with Crippen LogP contribution in [-0.2, 0) is 4.79 Å². The van der Waals surface area contributed by atoms with Gasteiger partial charge < -0.3 is 10.4 Å². The highest BCUT2D eigenvalue weighted by atomic mass is 16.4. The van der Waals surface area contributed by atoms with Gasteiger partial charge in [0.2, 0.25) is 0 Å². The number of carboxylic acids is 1. The van der Waals surface area contributed by atoms with Crippen molar-refractivity contribution in [3.05, 3.63) is 0 Å². The third kappa shape index (κ3) is 3.64. The van der Waals surface area contributed by atoms with Crippen LogP contribution in [0.3, 0.4) is 0 Å². The third-order valence-corrected chi connectivity index (χ3v) is 2.67. The first-order chi connectivity index (χ1) is 6.74. The fourth-order valence-corrected chi connectivity index (χ4v) is 1.85. The smallest absolute Gasteiger partial charge is 0.307 e. The van der Waals surface area contributed by atoms with Gasteiger partial charge in [-0.15, -0.1) is 0 Å². The molecule has 0 radical (unpaired) electrons. The number of hydrogen-bond acceptors (Lipinski definition) is 3. The summed E-state index contributed by atoms with van der Waals surface area (Å²) >= 11 is 0. The molecule has 1 rings (SSSR count). The molecule has 1 heterocycles. The molecular weight excluding hydrogens is 180 g/mol. The van der Waals surface area contributed by atoms with E-state index in [0.29, 0.717) is 6.54 Å². The van der Waals surface area contributed by atoms with E-state index in [1.54, 1.807) is 0 Å². The van der Waals surface area contributed by atoms with E-state index >= 15 is 0 Å². The molecule has 0 aromatic rings. The molecule has 1 atom stereocenters. The molecule has 1 fully saturated rings. The number of aliphatic carboxylic acids is 1. The summed E-state index contributed by atoms with van der Waals surface area (Å²) in [7, 11) is 0. The first-order valence-corrected chi connectivity index (χ1v) is 5.40. The molecule has 1 aliphatic rings. The second-order valence-corrected chi connectivity index (χ2v) is 3.87. The van der Waals surface area contributed by atoms with E-state index in [1.807, 2.05) is 6.92 Å². The Bertz CT molecular complexity index is 179. The highest BCUT2D eigenvalue weighted by Crippen LogP contribution is 2.09. The van der Waals surface area contributed by atoms with Crippen LogP contribution >= 0.6 is 0 Å². The van der Waals surface area contributed by atoms with E-state index in [1.165, 1.54) is 0 Å². The van der Waals surface area contributed by atoms with E-state index in [4.69, 9.17) is 5.11 Å². The highest BCUT2D eigenvalue weighted by molar-refractivity contribution is 5.70. The first-order valence-electron chi connectivity index (χ1n) is 5.40. The van der Waals surface area contributed by atoms with Gasteiger partial charge in [0.05, 0.1) is 5.92 Å². The topological polar surface area (TPSA) is 52.6 Å². The van der Waals surface area contributed by atoms with E-state index in [0.717, 1.165) is 39.0 Å². The Morgan fingerprint density at radius 1 is 1.50 bits per heavy atom. The number of nitrogens with zero attached hydrogens (tertiary/aromatic N) is 1. The summed E-state index contributed by atoms with van der Waals surface area (Å²) in [6.07, 6.45) is 1.74. The lowest BCUT2D eigenvalue weighted by molar-refractivity contribution is -0.142. The van der Waals surface area contributed by atoms with E-state index in [9.17, 15) is 4.79 Å². The number of carboxylic acid groups (broad SMARTS) is 1. The van der Waals surface area contributed by atoms with Crippen molar-refractivity contribution in [2.24, 2.45) is 5.92 Å². The van der Waals surface area contributed by atoms with Crippen LogP contribution in [0.1, 0.15) is 19.8 Å². The summed E-state index contributed by atoms with van der Waals surface area (Å²) in [4.78, 5) is 13.2. The summed E-state index contributed by atoms with van der Waals surface area (Å²) < 4.78 is 0. The third-order valence-electron chi connectivity index (χ3n) is 2.67. The summed E-state index contributed by atoms with van der Waals surface area (Å²) in [5, 5.41) is 12.3. The van der Waals surface area contributed by atoms with Gasteiger partial charge in [-0.3, -0.25) is 9.69 Å². The molecule has 14 heavy (non-hydrogen) atoms. The zero-order valence-corrected chi connectivity index (χ0v) is 8.83. The molecule has 2 N–H and O–H groups in total. The van der Waals surface area contributed by atoms with Gasteiger partial charge in [0, 0.05) is 32.7 Å². The SMILES string of the molecule is CCCC(CN1CCNCC1)C(=O)O. The molecule has 82 valence electrons. The fourth-order valence-electron chi connectivity index (χ4n) is 1.85. The second-order valence-electron chi connectivity index (χ2n) is 3.87. The van der Waals surface area contributed by atoms with Crippen LogP contribution < -0.4 is 5.32 Å². The maximum atomic E-state index is 10.9. The number of rotatable bonds is 5. The molecule has 0 aromatic heterocycles. The van der Waals surface area contributed by atoms with Gasteiger partial charge in [-0.05, 0) is 6.42 Å². The molecule has 0 amide bonds. The number of nitrogens with one attached hydrogen (secondary N) is 1. The van der Waals surface area contributed by atoms with Crippen molar-refractivity contribution >= 4 is 5.97 Å². The van der Waals surface area contributed by atoms with Gasteiger partial charge in [-0.1, -0.05) is 13.3 Å². The van der Waals surface area contributed by atoms with Crippen LogP contribution in [0.15, 0.2) is 0 Å². The minimum absolute atomic E-state index is 0.182. The number of hydrogen-bond donors (Lipinski definition) is 2. The number of carbonyl (C=O) groups is 1. The maximum Gasteiger partial charge on any atom is 0.307 e.